The lowest BCUT2D eigenvalue weighted by atomic mass is 10.3. The molecule has 7 nitrogen and oxygen atoms in total. The Labute approximate surface area is 146 Å². The summed E-state index contributed by atoms with van der Waals surface area (Å²) >= 11 is 0. The van der Waals surface area contributed by atoms with Gasteiger partial charge >= 0.3 is 0 Å². The number of nitrogens with zero attached hydrogens (tertiary/aromatic N) is 4. The van der Waals surface area contributed by atoms with Gasteiger partial charge < -0.3 is 4.52 Å². The Morgan fingerprint density at radius 1 is 1.20 bits per heavy atom. The lowest BCUT2D eigenvalue weighted by Crippen LogP contribution is -2.35. The lowest BCUT2D eigenvalue weighted by molar-refractivity contribution is 0.275. The molecular formula is C16H21FN4O3S. The molecule has 0 bridgehead atoms. The Kier molecular flexibility index (Phi) is 5.16. The van der Waals surface area contributed by atoms with Crippen LogP contribution in [0.3, 0.4) is 0 Å². The van der Waals surface area contributed by atoms with Crippen molar-refractivity contribution in [3.63, 3.8) is 0 Å². The molecule has 1 aliphatic rings. The summed E-state index contributed by atoms with van der Waals surface area (Å²) in [6, 6.07) is 3.03. The van der Waals surface area contributed by atoms with Crippen molar-refractivity contribution in [2.24, 2.45) is 0 Å². The minimum Gasteiger partial charge on any atom is -0.360 e. The molecule has 0 N–H and O–H groups in total. The average molecular weight is 368 g/mol. The third-order valence-corrected chi connectivity index (χ3v) is 6.43. The molecule has 0 aliphatic carbocycles. The zero-order valence-corrected chi connectivity index (χ0v) is 15.1. The van der Waals surface area contributed by atoms with Crippen molar-refractivity contribution in [2.45, 2.75) is 31.7 Å². The summed E-state index contributed by atoms with van der Waals surface area (Å²) in [5.74, 6) is -0.0505. The maximum Gasteiger partial charge on any atom is 0.248 e. The van der Waals surface area contributed by atoms with Gasteiger partial charge in [0.2, 0.25) is 10.0 Å². The van der Waals surface area contributed by atoms with Crippen LogP contribution in [0.2, 0.25) is 0 Å². The lowest BCUT2D eigenvalue weighted by Gasteiger charge is -2.21. The van der Waals surface area contributed by atoms with E-state index in [0.717, 1.165) is 12.2 Å². The molecule has 0 atom stereocenters. The molecule has 2 aromatic heterocycles. The molecule has 1 aliphatic heterocycles. The molecule has 25 heavy (non-hydrogen) atoms. The smallest absolute Gasteiger partial charge is 0.248 e. The molecule has 0 aromatic carbocycles. The van der Waals surface area contributed by atoms with Gasteiger partial charge in [-0.1, -0.05) is 5.16 Å². The zero-order valence-electron chi connectivity index (χ0n) is 14.3. The fourth-order valence-electron chi connectivity index (χ4n) is 3.05. The monoisotopic (exact) mass is 368 g/mol. The predicted octanol–water partition coefficient (Wildman–Crippen LogP) is 1.72. The number of sulfonamides is 1. The Hall–Kier alpha value is -1.84. The van der Waals surface area contributed by atoms with Crippen LogP contribution in [-0.4, -0.2) is 53.9 Å². The van der Waals surface area contributed by atoms with E-state index in [9.17, 15) is 12.8 Å². The highest BCUT2D eigenvalue weighted by Crippen LogP contribution is 2.24. The van der Waals surface area contributed by atoms with E-state index in [4.69, 9.17) is 4.52 Å². The third-order valence-electron chi connectivity index (χ3n) is 4.29. The van der Waals surface area contributed by atoms with Gasteiger partial charge in [0.25, 0.3) is 0 Å². The molecule has 0 spiro atoms. The SMILES string of the molecule is Cc1noc(C)c1S(=O)(=O)N1CCCN(Cc2ccc(F)cn2)CC1. The highest BCUT2D eigenvalue weighted by molar-refractivity contribution is 7.89. The van der Waals surface area contributed by atoms with Crippen molar-refractivity contribution >= 4 is 10.0 Å². The molecule has 0 radical (unpaired) electrons. The van der Waals surface area contributed by atoms with Gasteiger partial charge in [-0.15, -0.1) is 0 Å². The summed E-state index contributed by atoms with van der Waals surface area (Å²) in [4.78, 5) is 6.36. The number of pyridine rings is 1. The average Bonchev–Trinajstić information content (AvgIpc) is 2.77. The van der Waals surface area contributed by atoms with E-state index in [1.807, 2.05) is 0 Å². The van der Waals surface area contributed by atoms with Crippen molar-refractivity contribution in [2.75, 3.05) is 26.2 Å². The molecule has 136 valence electrons. The summed E-state index contributed by atoms with van der Waals surface area (Å²) in [7, 11) is -3.62. The normalized spacial score (nSPS) is 17.6. The van der Waals surface area contributed by atoms with Crippen LogP contribution in [0.25, 0.3) is 0 Å². The van der Waals surface area contributed by atoms with E-state index in [-0.39, 0.29) is 10.7 Å². The Bertz CT molecular complexity index is 816. The van der Waals surface area contributed by atoms with Crippen LogP contribution >= 0.6 is 0 Å². The molecule has 0 saturated carbocycles. The van der Waals surface area contributed by atoms with Gasteiger partial charge in [0, 0.05) is 26.2 Å². The zero-order chi connectivity index (χ0) is 18.0. The molecule has 3 rings (SSSR count). The van der Waals surface area contributed by atoms with Gasteiger partial charge in [0.15, 0.2) is 5.76 Å². The first-order chi connectivity index (χ1) is 11.9. The first kappa shape index (κ1) is 18.0. The number of hydrogen-bond donors (Lipinski definition) is 0. The Balaban J connectivity index is 1.70. The molecule has 9 heteroatoms. The van der Waals surface area contributed by atoms with E-state index in [2.05, 4.69) is 15.0 Å². The summed E-state index contributed by atoms with van der Waals surface area (Å²) in [6.45, 7) is 5.98. The van der Waals surface area contributed by atoms with E-state index < -0.39 is 10.0 Å². The van der Waals surface area contributed by atoms with Crippen LogP contribution in [0.5, 0.6) is 0 Å². The fraction of sp³-hybridized carbons (Fsp3) is 0.500. The summed E-state index contributed by atoms with van der Waals surface area (Å²) in [5, 5.41) is 3.75. The number of halogens is 1. The summed E-state index contributed by atoms with van der Waals surface area (Å²) < 4.78 is 45.2. The Morgan fingerprint density at radius 3 is 2.64 bits per heavy atom. The van der Waals surface area contributed by atoms with Gasteiger partial charge in [0.05, 0.1) is 11.9 Å². The van der Waals surface area contributed by atoms with Gasteiger partial charge in [-0.05, 0) is 38.9 Å². The van der Waals surface area contributed by atoms with Crippen molar-refractivity contribution in [3.05, 3.63) is 41.3 Å². The first-order valence-electron chi connectivity index (χ1n) is 8.14. The van der Waals surface area contributed by atoms with Crippen LogP contribution < -0.4 is 0 Å². The molecule has 3 heterocycles. The van der Waals surface area contributed by atoms with Gasteiger partial charge in [0.1, 0.15) is 16.4 Å². The number of aromatic nitrogens is 2. The van der Waals surface area contributed by atoms with Crippen LogP contribution in [0.15, 0.2) is 27.7 Å². The largest absolute Gasteiger partial charge is 0.360 e. The minimum atomic E-state index is -3.62. The maximum atomic E-state index is 13.0. The van der Waals surface area contributed by atoms with Crippen molar-refractivity contribution in [1.29, 1.82) is 0 Å². The molecule has 2 aromatic rings. The van der Waals surface area contributed by atoms with E-state index in [1.165, 1.54) is 16.6 Å². The molecule has 1 fully saturated rings. The first-order valence-corrected chi connectivity index (χ1v) is 9.58. The van der Waals surface area contributed by atoms with Crippen LogP contribution in [-0.2, 0) is 16.6 Å². The van der Waals surface area contributed by atoms with Crippen LogP contribution in [0, 0.1) is 19.7 Å². The number of aryl methyl sites for hydroxylation is 2. The number of hydrogen-bond acceptors (Lipinski definition) is 6. The van der Waals surface area contributed by atoms with Crippen molar-refractivity contribution < 1.29 is 17.3 Å². The van der Waals surface area contributed by atoms with E-state index in [1.54, 1.807) is 19.9 Å². The molecule has 1 saturated heterocycles. The van der Waals surface area contributed by atoms with Gasteiger partial charge in [-0.2, -0.15) is 4.31 Å². The standard InChI is InChI=1S/C16H21FN4O3S/c1-12-16(13(2)24-19-12)25(22,23)21-7-3-6-20(8-9-21)11-15-5-4-14(17)10-18-15/h4-5,10H,3,6-9,11H2,1-2H3. The predicted molar refractivity (Wildman–Crippen MR) is 88.8 cm³/mol. The summed E-state index contributed by atoms with van der Waals surface area (Å²) in [5.41, 5.74) is 1.15. The quantitative estimate of drug-likeness (QED) is 0.818. The molecular weight excluding hydrogens is 347 g/mol. The fourth-order valence-corrected chi connectivity index (χ4v) is 4.81. The van der Waals surface area contributed by atoms with E-state index >= 15 is 0 Å². The van der Waals surface area contributed by atoms with Crippen LogP contribution in [0.1, 0.15) is 23.6 Å². The molecule has 0 amide bonds. The van der Waals surface area contributed by atoms with E-state index in [0.29, 0.717) is 44.1 Å². The highest BCUT2D eigenvalue weighted by Gasteiger charge is 2.32. The van der Waals surface area contributed by atoms with Gasteiger partial charge in [-0.3, -0.25) is 9.88 Å². The molecule has 0 unspecified atom stereocenters. The topological polar surface area (TPSA) is 79.5 Å². The third kappa shape index (κ3) is 3.88. The number of rotatable bonds is 4. The van der Waals surface area contributed by atoms with Crippen molar-refractivity contribution in [3.8, 4) is 0 Å². The van der Waals surface area contributed by atoms with Gasteiger partial charge in [-0.25, -0.2) is 12.8 Å². The second-order valence-corrected chi connectivity index (χ2v) is 8.03. The second-order valence-electron chi connectivity index (χ2n) is 6.15. The second kappa shape index (κ2) is 7.19. The Morgan fingerprint density at radius 2 is 2.00 bits per heavy atom. The van der Waals surface area contributed by atoms with Crippen LogP contribution in [0.4, 0.5) is 4.39 Å². The summed E-state index contributed by atoms with van der Waals surface area (Å²) in [6.07, 6.45) is 1.91. The maximum absolute atomic E-state index is 13.0. The highest BCUT2D eigenvalue weighted by atomic mass is 32.2. The minimum absolute atomic E-state index is 0.168. The van der Waals surface area contributed by atoms with Crippen molar-refractivity contribution in [1.82, 2.24) is 19.3 Å².